The second-order valence-corrected chi connectivity index (χ2v) is 18.2. The summed E-state index contributed by atoms with van der Waals surface area (Å²) in [5.74, 6) is 3.62. The van der Waals surface area contributed by atoms with Crippen molar-refractivity contribution >= 4 is 104 Å². The Bertz CT molecular complexity index is 2930. The SMILES string of the molecule is c1ccc(N(c2ccccc2)c2cc3c4c(c2)Sc2cc5c(cc2B4c2ccccc2O3)B2c3ccccc3Oc3cc(N(c4ccccc4)c4ccccc4)cc(c32)S5)cc1. The zero-order valence-electron chi connectivity index (χ0n) is 33.3. The first kappa shape index (κ1) is 35.7. The number of para-hydroxylation sites is 6. The molecule has 0 amide bonds. The number of hydrogen-bond acceptors (Lipinski definition) is 6. The minimum absolute atomic E-state index is 0.0103. The summed E-state index contributed by atoms with van der Waals surface area (Å²) in [5, 5.41) is 0. The van der Waals surface area contributed by atoms with E-state index in [1.54, 1.807) is 0 Å². The quantitative estimate of drug-likeness (QED) is 0.155. The minimum Gasteiger partial charge on any atom is -0.458 e. The van der Waals surface area contributed by atoms with Gasteiger partial charge in [0.2, 0.25) is 0 Å². The number of fused-ring (bicyclic) bond motifs is 8. The third-order valence-corrected chi connectivity index (χ3v) is 14.7. The molecular weight excluding hydrogens is 794 g/mol. The van der Waals surface area contributed by atoms with E-state index in [1.165, 1.54) is 52.4 Å². The van der Waals surface area contributed by atoms with Crippen molar-refractivity contribution in [1.82, 2.24) is 0 Å². The Labute approximate surface area is 370 Å². The Kier molecular flexibility index (Phi) is 8.24. The molecule has 8 heteroatoms. The Morgan fingerprint density at radius 2 is 0.645 bits per heavy atom. The molecule has 0 atom stereocenters. The van der Waals surface area contributed by atoms with Crippen molar-refractivity contribution in [3.05, 3.63) is 206 Å². The third kappa shape index (κ3) is 5.67. The van der Waals surface area contributed by atoms with Crippen LogP contribution in [0.25, 0.3) is 0 Å². The predicted octanol–water partition coefficient (Wildman–Crippen LogP) is 10.8. The lowest BCUT2D eigenvalue weighted by molar-refractivity contribution is 0.486. The van der Waals surface area contributed by atoms with E-state index < -0.39 is 0 Å². The molecule has 0 N–H and O–H groups in total. The van der Waals surface area contributed by atoms with Crippen LogP contribution in [-0.2, 0) is 0 Å². The summed E-state index contributed by atoms with van der Waals surface area (Å²) in [6.45, 7) is 0.0205. The Balaban J connectivity index is 0.997. The van der Waals surface area contributed by atoms with Gasteiger partial charge in [0.15, 0.2) is 0 Å². The van der Waals surface area contributed by atoms with Crippen LogP contribution in [0.2, 0.25) is 0 Å². The molecule has 9 aromatic carbocycles. The molecule has 0 unspecified atom stereocenters. The maximum atomic E-state index is 6.90. The number of anilines is 6. The fraction of sp³-hybridized carbons (Fsp3) is 0. The summed E-state index contributed by atoms with van der Waals surface area (Å²) >= 11 is 3.72. The van der Waals surface area contributed by atoms with Gasteiger partial charge in [-0.2, -0.15) is 0 Å². The Morgan fingerprint density at radius 3 is 1.03 bits per heavy atom. The topological polar surface area (TPSA) is 24.9 Å². The van der Waals surface area contributed by atoms with Crippen LogP contribution >= 0.6 is 23.5 Å². The highest BCUT2D eigenvalue weighted by Crippen LogP contribution is 2.47. The van der Waals surface area contributed by atoms with E-state index in [9.17, 15) is 0 Å². The van der Waals surface area contributed by atoms with Crippen LogP contribution in [0.1, 0.15) is 0 Å². The van der Waals surface area contributed by atoms with Crippen molar-refractivity contribution in [1.29, 1.82) is 0 Å². The van der Waals surface area contributed by atoms with Crippen molar-refractivity contribution in [2.24, 2.45) is 0 Å². The first-order valence-corrected chi connectivity index (χ1v) is 22.6. The van der Waals surface area contributed by atoms with Crippen LogP contribution in [0.15, 0.2) is 226 Å². The van der Waals surface area contributed by atoms with Gasteiger partial charge in [0.1, 0.15) is 23.0 Å². The van der Waals surface area contributed by atoms with Gasteiger partial charge in [0, 0.05) is 54.5 Å². The summed E-state index contributed by atoms with van der Waals surface area (Å²) in [7, 11) is 0. The van der Waals surface area contributed by atoms with Crippen molar-refractivity contribution in [2.75, 3.05) is 9.80 Å². The van der Waals surface area contributed by atoms with Gasteiger partial charge in [-0.25, -0.2) is 0 Å². The summed E-state index contributed by atoms with van der Waals surface area (Å²) in [6.07, 6.45) is 0. The zero-order valence-corrected chi connectivity index (χ0v) is 34.9. The lowest BCUT2D eigenvalue weighted by Crippen LogP contribution is -2.62. The normalized spacial score (nSPS) is 13.2. The molecule has 4 aliphatic heterocycles. The molecule has 0 saturated carbocycles. The first-order chi connectivity index (χ1) is 30.7. The average Bonchev–Trinajstić information content (AvgIpc) is 3.32. The van der Waals surface area contributed by atoms with Gasteiger partial charge in [-0.15, -0.1) is 0 Å². The van der Waals surface area contributed by atoms with Crippen LogP contribution < -0.4 is 52.1 Å². The van der Waals surface area contributed by atoms with Crippen molar-refractivity contribution in [3.8, 4) is 23.0 Å². The number of benzene rings is 9. The molecule has 0 spiro atoms. The van der Waals surface area contributed by atoms with E-state index in [1.807, 2.05) is 23.5 Å². The number of nitrogens with zero attached hydrogens (tertiary/aromatic N) is 2. The van der Waals surface area contributed by atoms with Gasteiger partial charge >= 0.3 is 0 Å². The second kappa shape index (κ2) is 14.3. The van der Waals surface area contributed by atoms with Gasteiger partial charge < -0.3 is 19.3 Å². The molecule has 4 nitrogen and oxygen atoms in total. The zero-order chi connectivity index (χ0) is 40.7. The predicted molar refractivity (Wildman–Crippen MR) is 259 cm³/mol. The van der Waals surface area contributed by atoms with E-state index in [0.29, 0.717) is 0 Å². The number of rotatable bonds is 6. The largest absolute Gasteiger partial charge is 0.458 e. The summed E-state index contributed by atoms with van der Waals surface area (Å²) < 4.78 is 13.8. The molecule has 4 aliphatic rings. The number of hydrogen-bond donors (Lipinski definition) is 0. The molecule has 0 fully saturated rings. The molecule has 13 rings (SSSR count). The highest BCUT2D eigenvalue weighted by molar-refractivity contribution is 8.01. The fourth-order valence-electron chi connectivity index (χ4n) is 9.82. The molecule has 9 aromatic rings. The van der Waals surface area contributed by atoms with Crippen LogP contribution in [0, 0.1) is 0 Å². The van der Waals surface area contributed by atoms with E-state index in [0.717, 1.165) is 57.1 Å². The van der Waals surface area contributed by atoms with Gasteiger partial charge in [-0.05, 0) is 101 Å². The van der Waals surface area contributed by atoms with Crippen molar-refractivity contribution in [2.45, 2.75) is 19.6 Å². The maximum absolute atomic E-state index is 6.90. The van der Waals surface area contributed by atoms with E-state index in [-0.39, 0.29) is 13.4 Å². The molecule has 0 saturated heterocycles. The highest BCUT2D eigenvalue weighted by Gasteiger charge is 2.44. The van der Waals surface area contributed by atoms with E-state index in [2.05, 4.69) is 216 Å². The average molecular weight is 829 g/mol. The summed E-state index contributed by atoms with van der Waals surface area (Å²) in [4.78, 5) is 9.63. The molecule has 0 bridgehead atoms. The molecule has 0 radical (unpaired) electrons. The van der Waals surface area contributed by atoms with Gasteiger partial charge in [0.25, 0.3) is 13.4 Å². The fourth-order valence-corrected chi connectivity index (χ4v) is 12.3. The monoisotopic (exact) mass is 828 g/mol. The molecule has 4 heterocycles. The standard InChI is InChI=1S/C54H34B2N2O2S2/c1-5-17-35(18-6-1)57(36-19-7-2-8-20-36)39-29-47-53-51(31-39)61-49-34-50-44(33-43(49)55(53)41-25-13-15-27-45(41)59-47)56-42-26-14-16-28-46(42)60-48-30-40(32-52(62-50)54(48)56)58(37-21-9-3-10-22-37)38-23-11-4-12-24-38/h1-34H. The van der Waals surface area contributed by atoms with Crippen molar-refractivity contribution < 1.29 is 9.47 Å². The highest BCUT2D eigenvalue weighted by atomic mass is 32.2. The van der Waals surface area contributed by atoms with Crippen LogP contribution in [-0.4, -0.2) is 13.4 Å². The lowest BCUT2D eigenvalue weighted by Gasteiger charge is -2.38. The first-order valence-electron chi connectivity index (χ1n) is 21.0. The molecule has 0 aliphatic carbocycles. The summed E-state index contributed by atoms with van der Waals surface area (Å²) in [5.41, 5.74) is 14.0. The Morgan fingerprint density at radius 1 is 0.290 bits per heavy atom. The maximum Gasteiger partial charge on any atom is 0.253 e. The molecule has 290 valence electrons. The van der Waals surface area contributed by atoms with Crippen LogP contribution in [0.5, 0.6) is 23.0 Å². The minimum atomic E-state index is 0.0103. The smallest absolute Gasteiger partial charge is 0.253 e. The molecule has 0 aromatic heterocycles. The van der Waals surface area contributed by atoms with E-state index in [4.69, 9.17) is 9.47 Å². The number of ether oxygens (including phenoxy) is 2. The van der Waals surface area contributed by atoms with Crippen LogP contribution in [0.4, 0.5) is 34.1 Å². The van der Waals surface area contributed by atoms with Crippen LogP contribution in [0.3, 0.4) is 0 Å². The molecule has 62 heavy (non-hydrogen) atoms. The third-order valence-electron chi connectivity index (χ3n) is 12.4. The van der Waals surface area contributed by atoms with E-state index >= 15 is 0 Å². The van der Waals surface area contributed by atoms with Gasteiger partial charge in [-0.1, -0.05) is 150 Å². The van der Waals surface area contributed by atoms with Crippen molar-refractivity contribution in [3.63, 3.8) is 0 Å². The lowest BCUT2D eigenvalue weighted by atomic mass is 9.32. The molecular formula is C54H34B2N2O2S2. The van der Waals surface area contributed by atoms with Gasteiger partial charge in [-0.3, -0.25) is 0 Å². The Hall–Kier alpha value is -6.99. The van der Waals surface area contributed by atoms with Gasteiger partial charge in [0.05, 0.1) is 11.4 Å². The summed E-state index contributed by atoms with van der Waals surface area (Å²) in [6, 6.07) is 73.9. The second-order valence-electron chi connectivity index (χ2n) is 16.0.